The predicted octanol–water partition coefficient (Wildman–Crippen LogP) is 3.20. The van der Waals surface area contributed by atoms with Crippen LogP contribution in [0.15, 0.2) is 36.4 Å². The molecule has 1 rings (SSSR count). The smallest absolute Gasteiger partial charge is 0.416 e. The highest BCUT2D eigenvalue weighted by Gasteiger charge is 2.30. The van der Waals surface area contributed by atoms with Crippen LogP contribution in [0.1, 0.15) is 12.5 Å². The van der Waals surface area contributed by atoms with Gasteiger partial charge in [0.15, 0.2) is 0 Å². The lowest BCUT2D eigenvalue weighted by atomic mass is 10.2. The van der Waals surface area contributed by atoms with Crippen molar-refractivity contribution in [1.82, 2.24) is 0 Å². The molecule has 0 spiro atoms. The molecule has 0 bridgehead atoms. The third-order valence-corrected chi connectivity index (χ3v) is 2.16. The molecule has 0 saturated heterocycles. The highest BCUT2D eigenvalue weighted by Crippen LogP contribution is 2.30. The van der Waals surface area contributed by atoms with Crippen molar-refractivity contribution in [3.05, 3.63) is 42.0 Å². The van der Waals surface area contributed by atoms with Gasteiger partial charge in [-0.15, -0.1) is 0 Å². The van der Waals surface area contributed by atoms with Crippen molar-refractivity contribution in [3.8, 4) is 5.75 Å². The third-order valence-electron chi connectivity index (χ3n) is 2.16. The lowest BCUT2D eigenvalue weighted by Gasteiger charge is -2.10. The van der Waals surface area contributed by atoms with Crippen LogP contribution in [0, 0.1) is 0 Å². The van der Waals surface area contributed by atoms with Gasteiger partial charge < -0.3 is 9.47 Å². The zero-order valence-electron chi connectivity index (χ0n) is 10.3. The van der Waals surface area contributed by atoms with Gasteiger partial charge in [-0.3, -0.25) is 0 Å². The zero-order chi connectivity index (χ0) is 14.5. The number of rotatable bonds is 5. The van der Waals surface area contributed by atoms with E-state index in [1.54, 1.807) is 6.92 Å². The Morgan fingerprint density at radius 2 is 1.84 bits per heavy atom. The number of halogens is 3. The van der Waals surface area contributed by atoms with Crippen LogP contribution in [0.5, 0.6) is 5.75 Å². The molecule has 0 radical (unpaired) electrons. The van der Waals surface area contributed by atoms with E-state index in [-0.39, 0.29) is 24.5 Å². The van der Waals surface area contributed by atoms with Gasteiger partial charge in [0.1, 0.15) is 12.4 Å². The van der Waals surface area contributed by atoms with Gasteiger partial charge in [0.2, 0.25) is 0 Å². The number of esters is 1. The average molecular weight is 274 g/mol. The maximum atomic E-state index is 12.3. The van der Waals surface area contributed by atoms with Crippen LogP contribution in [0.3, 0.4) is 0 Å². The average Bonchev–Trinajstić information content (AvgIpc) is 2.35. The van der Waals surface area contributed by atoms with E-state index in [9.17, 15) is 18.0 Å². The van der Waals surface area contributed by atoms with Crippen LogP contribution in [-0.4, -0.2) is 19.2 Å². The molecule has 0 unspecified atom stereocenters. The summed E-state index contributed by atoms with van der Waals surface area (Å²) in [6, 6.07) is 4.17. The van der Waals surface area contributed by atoms with Crippen molar-refractivity contribution in [2.45, 2.75) is 13.1 Å². The SMILES string of the molecule is C=C(COc1ccc(C(F)(F)F)cc1)C(=O)OCC. The summed E-state index contributed by atoms with van der Waals surface area (Å²) < 4.78 is 46.7. The Morgan fingerprint density at radius 3 is 2.32 bits per heavy atom. The molecule has 0 aliphatic carbocycles. The van der Waals surface area contributed by atoms with Crippen molar-refractivity contribution in [2.24, 2.45) is 0 Å². The Bertz CT molecular complexity index is 449. The Hall–Kier alpha value is -1.98. The second-order valence-corrected chi connectivity index (χ2v) is 3.63. The van der Waals surface area contributed by atoms with Crippen LogP contribution in [0.25, 0.3) is 0 Å². The largest absolute Gasteiger partial charge is 0.489 e. The second-order valence-electron chi connectivity index (χ2n) is 3.63. The van der Waals surface area contributed by atoms with Crippen LogP contribution in [0.4, 0.5) is 13.2 Å². The number of ether oxygens (including phenoxy) is 2. The topological polar surface area (TPSA) is 35.5 Å². The van der Waals surface area contributed by atoms with Gasteiger partial charge in [-0.25, -0.2) is 4.79 Å². The first kappa shape index (κ1) is 15.1. The summed E-state index contributed by atoms with van der Waals surface area (Å²) in [5.41, 5.74) is -0.661. The molecular weight excluding hydrogens is 261 g/mol. The number of hydrogen-bond acceptors (Lipinski definition) is 3. The first-order valence-electron chi connectivity index (χ1n) is 5.49. The number of benzene rings is 1. The molecule has 0 N–H and O–H groups in total. The van der Waals surface area contributed by atoms with E-state index in [2.05, 4.69) is 11.3 Å². The molecule has 1 aromatic carbocycles. The highest BCUT2D eigenvalue weighted by molar-refractivity contribution is 5.88. The van der Waals surface area contributed by atoms with Gasteiger partial charge in [0.05, 0.1) is 17.7 Å². The quantitative estimate of drug-likeness (QED) is 0.611. The summed E-state index contributed by atoms with van der Waals surface area (Å²) in [6.07, 6.45) is -4.38. The van der Waals surface area contributed by atoms with Crippen LogP contribution in [-0.2, 0) is 15.7 Å². The fourth-order valence-corrected chi connectivity index (χ4v) is 1.20. The molecule has 0 atom stereocenters. The van der Waals surface area contributed by atoms with Gasteiger partial charge >= 0.3 is 12.1 Å². The van der Waals surface area contributed by atoms with Gasteiger partial charge in [-0.1, -0.05) is 6.58 Å². The minimum Gasteiger partial charge on any atom is -0.489 e. The molecule has 0 fully saturated rings. The molecule has 0 aliphatic rings. The fraction of sp³-hybridized carbons (Fsp3) is 0.308. The van der Waals surface area contributed by atoms with E-state index < -0.39 is 17.7 Å². The lowest BCUT2D eigenvalue weighted by Crippen LogP contribution is -2.13. The minimum atomic E-state index is -4.38. The molecule has 0 aliphatic heterocycles. The Balaban J connectivity index is 2.55. The van der Waals surface area contributed by atoms with Crippen LogP contribution < -0.4 is 4.74 Å². The molecule has 19 heavy (non-hydrogen) atoms. The van der Waals surface area contributed by atoms with Crippen molar-refractivity contribution < 1.29 is 27.4 Å². The molecule has 104 valence electrons. The van der Waals surface area contributed by atoms with Crippen molar-refractivity contribution in [2.75, 3.05) is 13.2 Å². The number of carbonyl (C=O) groups excluding carboxylic acids is 1. The fourth-order valence-electron chi connectivity index (χ4n) is 1.20. The summed E-state index contributed by atoms with van der Waals surface area (Å²) in [6.45, 7) is 5.21. The molecule has 1 aromatic rings. The van der Waals surface area contributed by atoms with Crippen LogP contribution in [0.2, 0.25) is 0 Å². The zero-order valence-corrected chi connectivity index (χ0v) is 10.3. The normalized spacial score (nSPS) is 10.9. The monoisotopic (exact) mass is 274 g/mol. The summed E-state index contributed by atoms with van der Waals surface area (Å²) in [5.74, 6) is -0.368. The lowest BCUT2D eigenvalue weighted by molar-refractivity contribution is -0.139. The van der Waals surface area contributed by atoms with E-state index in [4.69, 9.17) is 4.74 Å². The molecule has 0 amide bonds. The van der Waals surface area contributed by atoms with E-state index >= 15 is 0 Å². The van der Waals surface area contributed by atoms with Crippen molar-refractivity contribution >= 4 is 5.97 Å². The van der Waals surface area contributed by atoms with Gasteiger partial charge in [0, 0.05) is 0 Å². The molecule has 0 saturated carbocycles. The molecule has 3 nitrogen and oxygen atoms in total. The second kappa shape index (κ2) is 6.26. The van der Waals surface area contributed by atoms with Gasteiger partial charge in [-0.2, -0.15) is 13.2 Å². The Labute approximate surface area is 108 Å². The van der Waals surface area contributed by atoms with Crippen molar-refractivity contribution in [3.63, 3.8) is 0 Å². The minimum absolute atomic E-state index is 0.0988. The van der Waals surface area contributed by atoms with Crippen molar-refractivity contribution in [1.29, 1.82) is 0 Å². The summed E-state index contributed by atoms with van der Waals surface area (Å²) in [7, 11) is 0. The molecule has 6 heteroatoms. The van der Waals surface area contributed by atoms with E-state index in [1.807, 2.05) is 0 Å². The van der Waals surface area contributed by atoms with Gasteiger partial charge in [-0.05, 0) is 31.2 Å². The molecule has 0 aromatic heterocycles. The number of hydrogen-bond donors (Lipinski definition) is 0. The van der Waals surface area contributed by atoms with Crippen LogP contribution >= 0.6 is 0 Å². The van der Waals surface area contributed by atoms with E-state index in [0.29, 0.717) is 0 Å². The van der Waals surface area contributed by atoms with E-state index in [0.717, 1.165) is 12.1 Å². The Kier molecular flexibility index (Phi) is 4.97. The first-order valence-corrected chi connectivity index (χ1v) is 5.49. The highest BCUT2D eigenvalue weighted by atomic mass is 19.4. The summed E-state index contributed by atoms with van der Waals surface area (Å²) in [5, 5.41) is 0. The first-order chi connectivity index (χ1) is 8.84. The maximum Gasteiger partial charge on any atom is 0.416 e. The molecule has 0 heterocycles. The summed E-state index contributed by atoms with van der Waals surface area (Å²) in [4.78, 5) is 11.2. The third kappa shape index (κ3) is 4.65. The standard InChI is InChI=1S/C13H13F3O3/c1-3-18-12(17)9(2)8-19-11-6-4-10(5-7-11)13(14,15)16/h4-7H,2-3,8H2,1H3. The predicted molar refractivity (Wildman–Crippen MR) is 62.7 cm³/mol. The molecular formula is C13H13F3O3. The maximum absolute atomic E-state index is 12.3. The summed E-state index contributed by atoms with van der Waals surface area (Å²) >= 11 is 0. The Morgan fingerprint density at radius 1 is 1.26 bits per heavy atom. The van der Waals surface area contributed by atoms with E-state index in [1.165, 1.54) is 12.1 Å². The number of carbonyl (C=O) groups is 1. The number of alkyl halides is 3. The van der Waals surface area contributed by atoms with Gasteiger partial charge in [0.25, 0.3) is 0 Å².